The average Bonchev–Trinajstić information content (AvgIpc) is 2.42. The first kappa shape index (κ1) is 15.6. The molecule has 110 valence electrons. The predicted molar refractivity (Wildman–Crippen MR) is 82.3 cm³/mol. The number of rotatable bonds is 4. The van der Waals surface area contributed by atoms with Crippen LogP contribution in [0, 0.1) is 5.82 Å². The van der Waals surface area contributed by atoms with Crippen LogP contribution < -0.4 is 0 Å². The molecule has 0 aromatic heterocycles. The Bertz CT molecular complexity index is 495. The molecule has 0 radical (unpaired) electrons. The lowest BCUT2D eigenvalue weighted by Gasteiger charge is -2.41. The molecule has 0 N–H and O–H groups in total. The lowest BCUT2D eigenvalue weighted by molar-refractivity contribution is -0.131. The van der Waals surface area contributed by atoms with Crippen LogP contribution in [-0.2, 0) is 11.2 Å². The number of hydrogen-bond donors (Lipinski definition) is 0. The predicted octanol–water partition coefficient (Wildman–Crippen LogP) is 3.96. The van der Waals surface area contributed by atoms with E-state index in [1.165, 1.54) is 18.6 Å². The van der Waals surface area contributed by atoms with Crippen LogP contribution in [0.2, 0.25) is 0 Å². The summed E-state index contributed by atoms with van der Waals surface area (Å²) < 4.78 is 13.8. The van der Waals surface area contributed by atoms with Gasteiger partial charge in [-0.2, -0.15) is 0 Å². The van der Waals surface area contributed by atoms with Crippen LogP contribution in [0.1, 0.15) is 37.7 Å². The number of Topliss-reactive ketones (excluding diaryl/α,β-unsaturated/α-hetero) is 1. The Morgan fingerprint density at radius 1 is 1.30 bits per heavy atom. The first-order valence-corrected chi connectivity index (χ1v) is 7.90. The highest BCUT2D eigenvalue weighted by atomic mass is 79.9. The van der Waals surface area contributed by atoms with Gasteiger partial charge >= 0.3 is 0 Å². The molecule has 0 unspecified atom stereocenters. The molecule has 2 nitrogen and oxygen atoms in total. The van der Waals surface area contributed by atoms with Crippen LogP contribution in [-0.4, -0.2) is 30.3 Å². The molecule has 0 atom stereocenters. The zero-order chi connectivity index (χ0) is 14.8. The Morgan fingerprint density at radius 2 is 1.95 bits per heavy atom. The number of hydrogen-bond acceptors (Lipinski definition) is 2. The van der Waals surface area contributed by atoms with Gasteiger partial charge in [-0.05, 0) is 44.6 Å². The third-order valence-electron chi connectivity index (χ3n) is 4.42. The van der Waals surface area contributed by atoms with E-state index in [-0.39, 0.29) is 17.1 Å². The Balaban J connectivity index is 2.20. The first-order chi connectivity index (χ1) is 9.45. The smallest absolute Gasteiger partial charge is 0.157 e. The van der Waals surface area contributed by atoms with E-state index in [1.807, 2.05) is 14.1 Å². The normalized spacial score (nSPS) is 18.2. The molecule has 0 amide bonds. The van der Waals surface area contributed by atoms with Crippen molar-refractivity contribution >= 4 is 21.7 Å². The van der Waals surface area contributed by atoms with Crippen molar-refractivity contribution in [1.29, 1.82) is 0 Å². The quantitative estimate of drug-likeness (QED) is 0.825. The van der Waals surface area contributed by atoms with Gasteiger partial charge < -0.3 is 0 Å². The number of nitrogens with zero attached hydrogens (tertiary/aromatic N) is 1. The summed E-state index contributed by atoms with van der Waals surface area (Å²) >= 11 is 3.35. The minimum atomic E-state index is -0.341. The number of carbonyl (C=O) groups is 1. The molecule has 4 heteroatoms. The second kappa shape index (κ2) is 6.35. The summed E-state index contributed by atoms with van der Waals surface area (Å²) in [4.78, 5) is 14.9. The van der Waals surface area contributed by atoms with Gasteiger partial charge in [0.1, 0.15) is 5.82 Å². The lowest BCUT2D eigenvalue weighted by Crippen LogP contribution is -2.53. The van der Waals surface area contributed by atoms with E-state index < -0.39 is 0 Å². The number of carbonyl (C=O) groups excluding carboxylic acids is 1. The van der Waals surface area contributed by atoms with Gasteiger partial charge in [-0.3, -0.25) is 9.69 Å². The van der Waals surface area contributed by atoms with E-state index >= 15 is 0 Å². The summed E-state index contributed by atoms with van der Waals surface area (Å²) in [6, 6.07) is 4.53. The number of likely N-dealkylation sites (N-methyl/N-ethyl adjacent to an activating group) is 1. The summed E-state index contributed by atoms with van der Waals surface area (Å²) in [6.07, 6.45) is 5.64. The second-order valence-corrected chi connectivity index (χ2v) is 6.68. The fraction of sp³-hybridized carbons (Fsp3) is 0.562. The van der Waals surface area contributed by atoms with E-state index in [0.717, 1.165) is 31.2 Å². The maximum absolute atomic E-state index is 13.1. The van der Waals surface area contributed by atoms with Gasteiger partial charge in [-0.25, -0.2) is 4.39 Å². The van der Waals surface area contributed by atoms with Crippen molar-refractivity contribution in [3.05, 3.63) is 34.1 Å². The van der Waals surface area contributed by atoms with Crippen LogP contribution in [0.15, 0.2) is 22.7 Å². The highest BCUT2D eigenvalue weighted by molar-refractivity contribution is 9.10. The van der Waals surface area contributed by atoms with Gasteiger partial charge in [0.2, 0.25) is 0 Å². The maximum Gasteiger partial charge on any atom is 0.157 e. The minimum Gasteiger partial charge on any atom is -0.297 e. The van der Waals surface area contributed by atoms with Crippen molar-refractivity contribution in [2.45, 2.75) is 44.1 Å². The molecule has 0 heterocycles. The molecule has 1 aromatic rings. The standard InChI is InChI=1S/C16H21BrFNO/c1-19(2)16(8-4-3-5-9-16)15(20)10-12-6-7-13(18)11-14(12)17/h6-7,11H,3-5,8-10H2,1-2H3. The molecular formula is C16H21BrFNO. The zero-order valence-corrected chi connectivity index (χ0v) is 13.7. The molecule has 1 aromatic carbocycles. The Kier molecular flexibility index (Phi) is 4.97. The highest BCUT2D eigenvalue weighted by Gasteiger charge is 2.40. The number of halogens is 2. The van der Waals surface area contributed by atoms with Gasteiger partial charge in [-0.15, -0.1) is 0 Å². The highest BCUT2D eigenvalue weighted by Crippen LogP contribution is 2.34. The lowest BCUT2D eigenvalue weighted by atomic mass is 9.76. The van der Waals surface area contributed by atoms with E-state index in [0.29, 0.717) is 10.9 Å². The van der Waals surface area contributed by atoms with E-state index in [9.17, 15) is 9.18 Å². The number of ketones is 1. The van der Waals surface area contributed by atoms with E-state index in [1.54, 1.807) is 6.07 Å². The molecule has 1 aliphatic carbocycles. The topological polar surface area (TPSA) is 20.3 Å². The average molecular weight is 342 g/mol. The molecule has 0 bridgehead atoms. The van der Waals surface area contributed by atoms with Gasteiger partial charge in [0.15, 0.2) is 5.78 Å². The van der Waals surface area contributed by atoms with Crippen molar-refractivity contribution < 1.29 is 9.18 Å². The zero-order valence-electron chi connectivity index (χ0n) is 12.1. The molecule has 0 spiro atoms. The van der Waals surface area contributed by atoms with Crippen LogP contribution in [0.4, 0.5) is 4.39 Å². The fourth-order valence-electron chi connectivity index (χ4n) is 3.11. The van der Waals surface area contributed by atoms with Crippen molar-refractivity contribution in [2.24, 2.45) is 0 Å². The van der Waals surface area contributed by atoms with Gasteiger partial charge in [-0.1, -0.05) is 41.3 Å². The number of benzene rings is 1. The first-order valence-electron chi connectivity index (χ1n) is 7.10. The summed E-state index contributed by atoms with van der Waals surface area (Å²) in [7, 11) is 3.98. The van der Waals surface area contributed by atoms with Gasteiger partial charge in [0.25, 0.3) is 0 Å². The molecule has 0 aliphatic heterocycles. The van der Waals surface area contributed by atoms with Gasteiger partial charge in [0, 0.05) is 10.9 Å². The van der Waals surface area contributed by atoms with Crippen molar-refractivity contribution in [3.63, 3.8) is 0 Å². The second-order valence-electron chi connectivity index (χ2n) is 5.82. The maximum atomic E-state index is 13.1. The van der Waals surface area contributed by atoms with Crippen LogP contribution in [0.25, 0.3) is 0 Å². The van der Waals surface area contributed by atoms with E-state index in [4.69, 9.17) is 0 Å². The summed E-state index contributed by atoms with van der Waals surface area (Å²) in [6.45, 7) is 0. The van der Waals surface area contributed by atoms with Crippen LogP contribution in [0.5, 0.6) is 0 Å². The van der Waals surface area contributed by atoms with Crippen molar-refractivity contribution in [1.82, 2.24) is 4.90 Å². The molecule has 20 heavy (non-hydrogen) atoms. The van der Waals surface area contributed by atoms with Crippen LogP contribution in [0.3, 0.4) is 0 Å². The minimum absolute atomic E-state index is 0.245. The molecule has 1 fully saturated rings. The van der Waals surface area contributed by atoms with Crippen LogP contribution >= 0.6 is 15.9 Å². The van der Waals surface area contributed by atoms with Gasteiger partial charge in [0.05, 0.1) is 5.54 Å². The molecule has 0 saturated heterocycles. The third-order valence-corrected chi connectivity index (χ3v) is 5.16. The largest absolute Gasteiger partial charge is 0.297 e. The molecule has 2 rings (SSSR count). The summed E-state index contributed by atoms with van der Waals surface area (Å²) in [5.41, 5.74) is 0.523. The SMILES string of the molecule is CN(C)C1(C(=O)Cc2ccc(F)cc2Br)CCCCC1. The Hall–Kier alpha value is -0.740. The Labute approximate surface area is 128 Å². The van der Waals surface area contributed by atoms with Crippen molar-refractivity contribution in [3.8, 4) is 0 Å². The summed E-state index contributed by atoms with van der Waals surface area (Å²) in [5.74, 6) is -0.0393. The fourth-order valence-corrected chi connectivity index (χ4v) is 3.61. The molecular weight excluding hydrogens is 321 g/mol. The monoisotopic (exact) mass is 341 g/mol. The Morgan fingerprint density at radius 3 is 2.50 bits per heavy atom. The molecule has 1 aliphatic rings. The molecule has 1 saturated carbocycles. The van der Waals surface area contributed by atoms with Crippen molar-refractivity contribution in [2.75, 3.05) is 14.1 Å². The third kappa shape index (κ3) is 3.12. The summed E-state index contributed by atoms with van der Waals surface area (Å²) in [5, 5.41) is 0. The van der Waals surface area contributed by atoms with E-state index in [2.05, 4.69) is 20.8 Å².